The minimum Gasteiger partial charge on any atom is -0.337 e. The van der Waals surface area contributed by atoms with Crippen LogP contribution in [0.5, 0.6) is 0 Å². The first-order valence-corrected chi connectivity index (χ1v) is 9.28. The number of carbonyl (C=O) groups excluding carboxylic acids is 2. The van der Waals surface area contributed by atoms with Gasteiger partial charge in [0.05, 0.1) is 5.69 Å². The molecule has 3 aromatic rings. The van der Waals surface area contributed by atoms with Gasteiger partial charge in [-0.15, -0.1) is 0 Å². The molecule has 1 saturated heterocycles. The highest BCUT2D eigenvalue weighted by molar-refractivity contribution is 6.30. The van der Waals surface area contributed by atoms with Crippen molar-refractivity contribution in [3.8, 4) is 11.4 Å². The van der Waals surface area contributed by atoms with Crippen molar-refractivity contribution < 1.29 is 18.5 Å². The van der Waals surface area contributed by atoms with Crippen molar-refractivity contribution in [1.29, 1.82) is 0 Å². The van der Waals surface area contributed by atoms with E-state index < -0.39 is 29.7 Å². The molecule has 0 saturated carbocycles. The average Bonchev–Trinajstić information content (AvgIpc) is 3.43. The molecule has 2 aromatic carbocycles. The van der Waals surface area contributed by atoms with Gasteiger partial charge in [0.2, 0.25) is 11.7 Å². The van der Waals surface area contributed by atoms with Gasteiger partial charge in [-0.25, -0.2) is 9.29 Å². The van der Waals surface area contributed by atoms with Crippen LogP contribution in [0.25, 0.3) is 11.4 Å². The molecule has 0 spiro atoms. The zero-order chi connectivity index (χ0) is 20.8. The molecule has 5 rings (SSSR count). The summed E-state index contributed by atoms with van der Waals surface area (Å²) in [5.41, 5.74) is 0.990. The molecular weight excluding hydrogens is 415 g/mol. The van der Waals surface area contributed by atoms with Gasteiger partial charge in [0.15, 0.2) is 12.1 Å². The molecule has 2 aliphatic heterocycles. The number of hydrogen-bond acceptors (Lipinski definition) is 8. The summed E-state index contributed by atoms with van der Waals surface area (Å²) in [5.74, 6) is -0.919. The van der Waals surface area contributed by atoms with Crippen molar-refractivity contribution in [3.05, 3.63) is 65.3 Å². The van der Waals surface area contributed by atoms with E-state index in [1.807, 2.05) is 0 Å². The molecule has 1 aromatic heterocycles. The second-order valence-electron chi connectivity index (χ2n) is 6.70. The number of imide groups is 1. The van der Waals surface area contributed by atoms with Gasteiger partial charge in [-0.1, -0.05) is 22.0 Å². The fourth-order valence-electron chi connectivity index (χ4n) is 3.37. The van der Waals surface area contributed by atoms with Crippen molar-refractivity contribution >= 4 is 29.1 Å². The number of rotatable bonds is 4. The molecule has 0 N–H and O–H groups in total. The molecule has 3 heterocycles. The lowest BCUT2D eigenvalue weighted by molar-refractivity contribution is -0.123. The minimum atomic E-state index is -0.971. The first kappa shape index (κ1) is 18.4. The van der Waals surface area contributed by atoms with Crippen LogP contribution in [0.3, 0.4) is 0 Å². The van der Waals surface area contributed by atoms with Crippen molar-refractivity contribution in [2.45, 2.75) is 18.6 Å². The Labute approximate surface area is 173 Å². The van der Waals surface area contributed by atoms with E-state index in [2.05, 4.69) is 20.5 Å². The summed E-state index contributed by atoms with van der Waals surface area (Å²) in [7, 11) is 0. The van der Waals surface area contributed by atoms with Gasteiger partial charge in [0.1, 0.15) is 12.4 Å². The molecule has 2 atom stereocenters. The Bertz CT molecular complexity index is 1160. The lowest BCUT2D eigenvalue weighted by atomic mass is 10.1. The normalized spacial score (nSPS) is 20.3. The SMILES string of the molecule is O=C1[C@@H]2[C@@H](N=NN2Cc2nc(-c3ccc(Cl)cc3)no2)C(=O)N1c1ccc(F)cc1. The fourth-order valence-corrected chi connectivity index (χ4v) is 3.50. The van der Waals surface area contributed by atoms with Crippen LogP contribution in [0.2, 0.25) is 5.02 Å². The third-order valence-corrected chi connectivity index (χ3v) is 5.06. The molecule has 2 amide bonds. The smallest absolute Gasteiger partial charge is 0.263 e. The third-order valence-electron chi connectivity index (χ3n) is 4.81. The lowest BCUT2D eigenvalue weighted by Crippen LogP contribution is -2.39. The van der Waals surface area contributed by atoms with E-state index >= 15 is 0 Å². The molecule has 11 heteroatoms. The Morgan fingerprint density at radius 2 is 1.77 bits per heavy atom. The quantitative estimate of drug-likeness (QED) is 0.594. The molecule has 1 fully saturated rings. The molecule has 0 unspecified atom stereocenters. The second-order valence-corrected chi connectivity index (χ2v) is 7.14. The topological polar surface area (TPSA) is 104 Å². The molecular formula is C19H12ClFN6O3. The standard InChI is InChI=1S/C19H12ClFN6O3/c20-11-3-1-10(2-4-11)17-22-14(30-24-17)9-26-16-15(23-25-26)18(28)27(19(16)29)13-7-5-12(21)6-8-13/h1-8,15-16H,9H2/t15-,16+/m1/s1. The summed E-state index contributed by atoms with van der Waals surface area (Å²) in [4.78, 5) is 30.9. The minimum absolute atomic E-state index is 0.00152. The maximum Gasteiger partial charge on any atom is 0.263 e. The van der Waals surface area contributed by atoms with E-state index in [9.17, 15) is 14.0 Å². The molecule has 2 aliphatic rings. The van der Waals surface area contributed by atoms with Crippen LogP contribution in [0.4, 0.5) is 10.1 Å². The number of benzene rings is 2. The van der Waals surface area contributed by atoms with E-state index in [4.69, 9.17) is 16.1 Å². The number of aromatic nitrogens is 2. The Hall–Kier alpha value is -3.66. The fraction of sp³-hybridized carbons (Fsp3) is 0.158. The zero-order valence-electron chi connectivity index (χ0n) is 15.1. The number of nitrogens with zero attached hydrogens (tertiary/aromatic N) is 6. The molecule has 0 bridgehead atoms. The Balaban J connectivity index is 1.36. The number of fused-ring (bicyclic) bond motifs is 1. The van der Waals surface area contributed by atoms with Crippen molar-refractivity contribution in [2.24, 2.45) is 10.3 Å². The number of hydrogen-bond donors (Lipinski definition) is 0. The highest BCUT2D eigenvalue weighted by Crippen LogP contribution is 2.32. The van der Waals surface area contributed by atoms with Gasteiger partial charge in [-0.3, -0.25) is 14.6 Å². The van der Waals surface area contributed by atoms with Crippen molar-refractivity contribution in [3.63, 3.8) is 0 Å². The lowest BCUT2D eigenvalue weighted by Gasteiger charge is -2.19. The van der Waals surface area contributed by atoms with E-state index in [1.54, 1.807) is 24.3 Å². The van der Waals surface area contributed by atoms with Crippen LogP contribution in [0.1, 0.15) is 5.89 Å². The average molecular weight is 427 g/mol. The van der Waals surface area contributed by atoms with Gasteiger partial charge in [0.25, 0.3) is 11.8 Å². The number of anilines is 1. The maximum absolute atomic E-state index is 13.2. The maximum atomic E-state index is 13.2. The molecule has 30 heavy (non-hydrogen) atoms. The van der Waals surface area contributed by atoms with Crippen LogP contribution in [0.15, 0.2) is 63.4 Å². The van der Waals surface area contributed by atoms with Gasteiger partial charge in [-0.05, 0) is 48.5 Å². The summed E-state index contributed by atoms with van der Waals surface area (Å²) < 4.78 is 18.4. The highest BCUT2D eigenvalue weighted by Gasteiger charge is 2.55. The summed E-state index contributed by atoms with van der Waals surface area (Å²) in [5, 5.41) is 13.7. The van der Waals surface area contributed by atoms with Gasteiger partial charge in [-0.2, -0.15) is 10.1 Å². The van der Waals surface area contributed by atoms with Crippen LogP contribution in [-0.4, -0.2) is 39.0 Å². The van der Waals surface area contributed by atoms with Crippen molar-refractivity contribution in [1.82, 2.24) is 15.1 Å². The predicted octanol–water partition coefficient (Wildman–Crippen LogP) is 3.02. The molecule has 0 aliphatic carbocycles. The first-order chi connectivity index (χ1) is 14.5. The largest absolute Gasteiger partial charge is 0.337 e. The highest BCUT2D eigenvalue weighted by atomic mass is 35.5. The summed E-state index contributed by atoms with van der Waals surface area (Å²) >= 11 is 5.88. The Morgan fingerprint density at radius 3 is 2.50 bits per heavy atom. The first-order valence-electron chi connectivity index (χ1n) is 8.90. The molecule has 0 radical (unpaired) electrons. The third kappa shape index (κ3) is 3.01. The monoisotopic (exact) mass is 426 g/mol. The van der Waals surface area contributed by atoms with E-state index in [-0.39, 0.29) is 18.1 Å². The molecule has 150 valence electrons. The number of halogens is 2. The van der Waals surface area contributed by atoms with Crippen LogP contribution >= 0.6 is 11.6 Å². The van der Waals surface area contributed by atoms with Crippen molar-refractivity contribution in [2.75, 3.05) is 4.90 Å². The summed E-state index contributed by atoms with van der Waals surface area (Å²) in [6.07, 6.45) is 0. The summed E-state index contributed by atoms with van der Waals surface area (Å²) in [6, 6.07) is 10.1. The van der Waals surface area contributed by atoms with Crippen LogP contribution in [0, 0.1) is 5.82 Å². The second kappa shape index (κ2) is 6.99. The van der Waals surface area contributed by atoms with Crippen LogP contribution in [-0.2, 0) is 16.1 Å². The van der Waals surface area contributed by atoms with Gasteiger partial charge >= 0.3 is 0 Å². The van der Waals surface area contributed by atoms with Crippen LogP contribution < -0.4 is 4.90 Å². The van der Waals surface area contributed by atoms with E-state index in [1.165, 1.54) is 29.3 Å². The van der Waals surface area contributed by atoms with E-state index in [0.29, 0.717) is 16.4 Å². The van der Waals surface area contributed by atoms with Gasteiger partial charge in [0, 0.05) is 10.6 Å². The summed E-state index contributed by atoms with van der Waals surface area (Å²) in [6.45, 7) is 0.00152. The number of carbonyl (C=O) groups is 2. The predicted molar refractivity (Wildman–Crippen MR) is 102 cm³/mol. The van der Waals surface area contributed by atoms with Gasteiger partial charge < -0.3 is 4.52 Å². The Kier molecular flexibility index (Phi) is 4.28. The zero-order valence-corrected chi connectivity index (χ0v) is 15.9. The number of amides is 2. The van der Waals surface area contributed by atoms with E-state index in [0.717, 1.165) is 4.90 Å². The molecule has 9 nitrogen and oxygen atoms in total. The Morgan fingerprint density at radius 1 is 1.03 bits per heavy atom.